The van der Waals surface area contributed by atoms with Crippen molar-refractivity contribution < 1.29 is 9.72 Å². The molecule has 1 aliphatic heterocycles. The Morgan fingerprint density at radius 3 is 2.62 bits per heavy atom. The van der Waals surface area contributed by atoms with Crippen molar-refractivity contribution in [2.45, 2.75) is 0 Å². The summed E-state index contributed by atoms with van der Waals surface area (Å²) in [7, 11) is 0. The van der Waals surface area contributed by atoms with E-state index < -0.39 is 4.92 Å². The van der Waals surface area contributed by atoms with Gasteiger partial charge in [-0.2, -0.15) is 5.10 Å². The van der Waals surface area contributed by atoms with E-state index in [1.165, 1.54) is 17.7 Å². The molecular weight excluding hydrogens is 370 g/mol. The van der Waals surface area contributed by atoms with Crippen LogP contribution in [0.4, 0.5) is 5.69 Å². The number of H-pyrrole nitrogens is 1. The van der Waals surface area contributed by atoms with E-state index in [0.29, 0.717) is 24.0 Å². The van der Waals surface area contributed by atoms with Crippen LogP contribution in [0.25, 0.3) is 17.0 Å². The summed E-state index contributed by atoms with van der Waals surface area (Å²) >= 11 is 0. The maximum atomic E-state index is 12.9. The van der Waals surface area contributed by atoms with Crippen LogP contribution in [0, 0.1) is 10.1 Å². The van der Waals surface area contributed by atoms with Gasteiger partial charge in [-0.1, -0.05) is 42.5 Å². The number of piperazine rings is 1. The van der Waals surface area contributed by atoms with Crippen LogP contribution in [0.5, 0.6) is 0 Å². The Balaban J connectivity index is 1.38. The van der Waals surface area contributed by atoms with E-state index in [1.54, 1.807) is 11.0 Å². The highest BCUT2D eigenvalue weighted by Gasteiger charge is 2.25. The molecule has 8 nitrogen and oxygen atoms in total. The minimum atomic E-state index is -0.470. The number of nitro groups is 1. The molecule has 1 N–H and O–H groups in total. The van der Waals surface area contributed by atoms with Gasteiger partial charge >= 0.3 is 0 Å². The van der Waals surface area contributed by atoms with E-state index in [2.05, 4.69) is 39.4 Å². The molecule has 0 aliphatic carbocycles. The molecule has 2 aromatic carbocycles. The van der Waals surface area contributed by atoms with Crippen LogP contribution in [-0.4, -0.2) is 63.6 Å². The highest BCUT2D eigenvalue weighted by Crippen LogP contribution is 2.23. The molecule has 1 amide bonds. The molecule has 0 atom stereocenters. The quantitative estimate of drug-likeness (QED) is 0.533. The number of carbonyl (C=O) groups excluding carboxylic acids is 1. The average molecular weight is 391 g/mol. The number of non-ortho nitro benzene ring substituents is 1. The lowest BCUT2D eigenvalue weighted by Gasteiger charge is -2.33. The number of amides is 1. The monoisotopic (exact) mass is 391 g/mol. The fourth-order valence-electron chi connectivity index (χ4n) is 3.46. The molecule has 0 spiro atoms. The van der Waals surface area contributed by atoms with E-state index >= 15 is 0 Å². The third kappa shape index (κ3) is 4.17. The fourth-order valence-corrected chi connectivity index (χ4v) is 3.46. The summed E-state index contributed by atoms with van der Waals surface area (Å²) < 4.78 is 0. The van der Waals surface area contributed by atoms with Gasteiger partial charge in [-0.15, -0.1) is 0 Å². The lowest BCUT2D eigenvalue weighted by molar-refractivity contribution is -0.384. The minimum Gasteiger partial charge on any atom is -0.335 e. The third-order valence-electron chi connectivity index (χ3n) is 5.09. The Bertz CT molecular complexity index is 1050. The van der Waals surface area contributed by atoms with Crippen molar-refractivity contribution in [1.82, 2.24) is 20.0 Å². The topological polar surface area (TPSA) is 95.4 Å². The molecule has 29 heavy (non-hydrogen) atoms. The summed E-state index contributed by atoms with van der Waals surface area (Å²) in [5, 5.41) is 18.4. The van der Waals surface area contributed by atoms with Crippen molar-refractivity contribution in [2.75, 3.05) is 32.7 Å². The Morgan fingerprint density at radius 1 is 1.14 bits per heavy atom. The number of hydrogen-bond acceptors (Lipinski definition) is 5. The van der Waals surface area contributed by atoms with Crippen molar-refractivity contribution in [3.05, 3.63) is 76.0 Å². The standard InChI is InChI=1S/C21H21N5O3/c27-21(20-18-15-17(26(28)29)8-9-19(18)22-23-20)25-13-11-24(12-14-25)10-4-7-16-5-2-1-3-6-16/h1-9,15H,10-14H2,(H,22,23). The molecule has 1 aliphatic rings. The third-order valence-corrected chi connectivity index (χ3v) is 5.09. The molecule has 2 heterocycles. The van der Waals surface area contributed by atoms with Gasteiger partial charge in [0.15, 0.2) is 5.69 Å². The Kier molecular flexibility index (Phi) is 5.35. The number of aromatic nitrogens is 2. The maximum absolute atomic E-state index is 12.9. The zero-order chi connectivity index (χ0) is 20.2. The Hall–Kier alpha value is -3.52. The van der Waals surface area contributed by atoms with Crippen LogP contribution in [0.3, 0.4) is 0 Å². The first-order chi connectivity index (χ1) is 14.1. The molecule has 8 heteroatoms. The molecule has 0 bridgehead atoms. The van der Waals surface area contributed by atoms with E-state index in [1.807, 2.05) is 18.2 Å². The first-order valence-electron chi connectivity index (χ1n) is 9.47. The first kappa shape index (κ1) is 18.8. The van der Waals surface area contributed by atoms with Gasteiger partial charge in [0.1, 0.15) is 0 Å². The smallest absolute Gasteiger partial charge is 0.275 e. The first-order valence-corrected chi connectivity index (χ1v) is 9.47. The van der Waals surface area contributed by atoms with E-state index in [9.17, 15) is 14.9 Å². The molecule has 0 radical (unpaired) electrons. The molecule has 1 saturated heterocycles. The second-order valence-electron chi connectivity index (χ2n) is 6.97. The lowest BCUT2D eigenvalue weighted by atomic mass is 10.1. The van der Waals surface area contributed by atoms with E-state index in [-0.39, 0.29) is 17.3 Å². The van der Waals surface area contributed by atoms with Crippen LogP contribution in [-0.2, 0) is 0 Å². The molecule has 1 fully saturated rings. The number of nitro benzene ring substituents is 1. The summed E-state index contributed by atoms with van der Waals surface area (Å²) in [6.07, 6.45) is 4.23. The van der Waals surface area contributed by atoms with Gasteiger partial charge in [0.25, 0.3) is 11.6 Å². The molecule has 4 rings (SSSR count). The predicted molar refractivity (Wildman–Crippen MR) is 111 cm³/mol. The molecule has 3 aromatic rings. The van der Waals surface area contributed by atoms with Crippen molar-refractivity contribution >= 4 is 28.6 Å². The summed E-state index contributed by atoms with van der Waals surface area (Å²) in [6, 6.07) is 14.5. The number of carbonyl (C=O) groups is 1. The highest BCUT2D eigenvalue weighted by atomic mass is 16.6. The highest BCUT2D eigenvalue weighted by molar-refractivity contribution is 6.05. The summed E-state index contributed by atoms with van der Waals surface area (Å²) in [5.74, 6) is -0.198. The van der Waals surface area contributed by atoms with Crippen LogP contribution >= 0.6 is 0 Å². The second-order valence-corrected chi connectivity index (χ2v) is 6.97. The molecule has 0 unspecified atom stereocenters. The largest absolute Gasteiger partial charge is 0.335 e. The SMILES string of the molecule is O=C(c1n[nH]c2ccc([N+](=O)[O-])cc12)N1CCN(CC=Cc2ccccc2)CC1. The van der Waals surface area contributed by atoms with Crippen molar-refractivity contribution in [3.63, 3.8) is 0 Å². The van der Waals surface area contributed by atoms with Gasteiger partial charge in [0.2, 0.25) is 0 Å². The fraction of sp³-hybridized carbons (Fsp3) is 0.238. The van der Waals surface area contributed by atoms with Gasteiger partial charge in [-0.25, -0.2) is 0 Å². The van der Waals surface area contributed by atoms with Crippen LogP contribution in [0.1, 0.15) is 16.1 Å². The van der Waals surface area contributed by atoms with Gasteiger partial charge in [-0.05, 0) is 11.6 Å². The van der Waals surface area contributed by atoms with Crippen molar-refractivity contribution in [2.24, 2.45) is 0 Å². The van der Waals surface area contributed by atoms with Gasteiger partial charge < -0.3 is 4.90 Å². The molecular formula is C21H21N5O3. The van der Waals surface area contributed by atoms with Crippen molar-refractivity contribution in [1.29, 1.82) is 0 Å². The molecule has 148 valence electrons. The van der Waals surface area contributed by atoms with Crippen LogP contribution in [0.15, 0.2) is 54.6 Å². The van der Waals surface area contributed by atoms with Gasteiger partial charge in [-0.3, -0.25) is 24.9 Å². The van der Waals surface area contributed by atoms with Gasteiger partial charge in [0.05, 0.1) is 10.4 Å². The second kappa shape index (κ2) is 8.24. The molecule has 1 aromatic heterocycles. The summed E-state index contributed by atoms with van der Waals surface area (Å²) in [4.78, 5) is 27.5. The number of nitrogens with one attached hydrogen (secondary N) is 1. The van der Waals surface area contributed by atoms with Crippen LogP contribution < -0.4 is 0 Å². The average Bonchev–Trinajstić information content (AvgIpc) is 3.18. The number of fused-ring (bicyclic) bond motifs is 1. The minimum absolute atomic E-state index is 0.0528. The van der Waals surface area contributed by atoms with E-state index in [4.69, 9.17) is 0 Å². The number of aromatic amines is 1. The lowest BCUT2D eigenvalue weighted by Crippen LogP contribution is -2.48. The number of hydrogen-bond donors (Lipinski definition) is 1. The Labute approximate surface area is 167 Å². The van der Waals surface area contributed by atoms with Crippen molar-refractivity contribution in [3.8, 4) is 0 Å². The van der Waals surface area contributed by atoms with Gasteiger partial charge in [0, 0.05) is 50.2 Å². The zero-order valence-electron chi connectivity index (χ0n) is 15.8. The normalized spacial score (nSPS) is 15.2. The number of nitrogens with zero attached hydrogens (tertiary/aromatic N) is 4. The maximum Gasteiger partial charge on any atom is 0.275 e. The number of rotatable bonds is 5. The number of benzene rings is 2. The summed E-state index contributed by atoms with van der Waals surface area (Å²) in [6.45, 7) is 3.57. The molecule has 0 saturated carbocycles. The van der Waals surface area contributed by atoms with E-state index in [0.717, 1.165) is 19.6 Å². The predicted octanol–water partition coefficient (Wildman–Crippen LogP) is 2.94. The zero-order valence-corrected chi connectivity index (χ0v) is 15.8. The summed E-state index contributed by atoms with van der Waals surface area (Å²) in [5.41, 5.74) is 1.97. The Morgan fingerprint density at radius 2 is 1.90 bits per heavy atom. The van der Waals surface area contributed by atoms with Crippen LogP contribution in [0.2, 0.25) is 0 Å².